The van der Waals surface area contributed by atoms with Gasteiger partial charge in [0.1, 0.15) is 0 Å². The Morgan fingerprint density at radius 2 is 2.00 bits per heavy atom. The Balaban J connectivity index is 2.51. The largest absolute Gasteiger partial charge is 0.378 e. The molecule has 0 saturated heterocycles. The minimum atomic E-state index is 0.536. The van der Waals surface area contributed by atoms with E-state index in [1.165, 1.54) is 5.69 Å². The Labute approximate surface area is 108 Å². The average Bonchev–Trinajstić information content (AvgIpc) is 2.30. The number of anilines is 1. The molecule has 0 aliphatic carbocycles. The number of rotatable bonds is 4. The van der Waals surface area contributed by atoms with Crippen LogP contribution in [0.3, 0.4) is 0 Å². The van der Waals surface area contributed by atoms with Gasteiger partial charge in [0.25, 0.3) is 0 Å². The molecule has 0 amide bonds. The first-order chi connectivity index (χ1) is 8.13. The van der Waals surface area contributed by atoms with E-state index >= 15 is 0 Å². The van der Waals surface area contributed by atoms with Crippen LogP contribution in [0.5, 0.6) is 0 Å². The lowest BCUT2D eigenvalue weighted by Crippen LogP contribution is -2.31. The summed E-state index contributed by atoms with van der Waals surface area (Å²) in [6, 6.07) is 8.11. The third-order valence-corrected chi connectivity index (χ3v) is 2.36. The zero-order valence-corrected chi connectivity index (χ0v) is 11.2. The molecule has 0 saturated carbocycles. The Morgan fingerprint density at radius 1 is 1.35 bits per heavy atom. The van der Waals surface area contributed by atoms with E-state index in [4.69, 9.17) is 12.2 Å². The Hall–Kier alpha value is -1.62. The highest BCUT2D eigenvalue weighted by Gasteiger charge is 1.94. The van der Waals surface area contributed by atoms with Gasteiger partial charge in [0.2, 0.25) is 0 Å². The molecular weight excluding hydrogens is 232 g/mol. The summed E-state index contributed by atoms with van der Waals surface area (Å²) in [7, 11) is 4.03. The SMILES string of the molecule is CCNC(=S)N/N=C\c1ccc(N(C)C)cc1. The monoisotopic (exact) mass is 250 g/mol. The van der Waals surface area contributed by atoms with Crippen LogP contribution in [0.1, 0.15) is 12.5 Å². The maximum Gasteiger partial charge on any atom is 0.186 e. The first kappa shape index (κ1) is 13.4. The predicted octanol–water partition coefficient (Wildman–Crippen LogP) is 1.57. The fourth-order valence-electron chi connectivity index (χ4n) is 1.22. The number of hydrazone groups is 1. The second-order valence-corrected chi connectivity index (χ2v) is 4.12. The summed E-state index contributed by atoms with van der Waals surface area (Å²) in [6.45, 7) is 2.77. The van der Waals surface area contributed by atoms with Crippen molar-refractivity contribution in [3.8, 4) is 0 Å². The van der Waals surface area contributed by atoms with E-state index in [2.05, 4.69) is 20.7 Å². The Morgan fingerprint density at radius 3 is 2.53 bits per heavy atom. The minimum Gasteiger partial charge on any atom is -0.378 e. The molecular formula is C12H18N4S. The summed E-state index contributed by atoms with van der Waals surface area (Å²) < 4.78 is 0. The van der Waals surface area contributed by atoms with Crippen LogP contribution in [0.25, 0.3) is 0 Å². The number of thiocarbonyl (C=S) groups is 1. The van der Waals surface area contributed by atoms with Gasteiger partial charge in [0, 0.05) is 26.3 Å². The summed E-state index contributed by atoms with van der Waals surface area (Å²) >= 11 is 4.98. The third-order valence-electron chi connectivity index (χ3n) is 2.13. The van der Waals surface area contributed by atoms with Gasteiger partial charge in [-0.1, -0.05) is 12.1 Å². The van der Waals surface area contributed by atoms with E-state index in [0.717, 1.165) is 12.1 Å². The molecule has 2 N–H and O–H groups in total. The highest BCUT2D eigenvalue weighted by Crippen LogP contribution is 2.10. The van der Waals surface area contributed by atoms with Crippen LogP contribution in [0, 0.1) is 0 Å². The lowest BCUT2D eigenvalue weighted by Gasteiger charge is -2.11. The number of hydrogen-bond acceptors (Lipinski definition) is 3. The van der Waals surface area contributed by atoms with Crippen molar-refractivity contribution in [2.45, 2.75) is 6.92 Å². The summed E-state index contributed by atoms with van der Waals surface area (Å²) in [5.41, 5.74) is 4.94. The number of nitrogens with one attached hydrogen (secondary N) is 2. The lowest BCUT2D eigenvalue weighted by atomic mass is 10.2. The quantitative estimate of drug-likeness (QED) is 0.483. The molecule has 0 unspecified atom stereocenters. The smallest absolute Gasteiger partial charge is 0.186 e. The van der Waals surface area contributed by atoms with Crippen LogP contribution in [0.15, 0.2) is 29.4 Å². The fraction of sp³-hybridized carbons (Fsp3) is 0.333. The van der Waals surface area contributed by atoms with Gasteiger partial charge in [-0.15, -0.1) is 0 Å². The van der Waals surface area contributed by atoms with E-state index < -0.39 is 0 Å². The van der Waals surface area contributed by atoms with Crippen molar-refractivity contribution >= 4 is 29.2 Å². The van der Waals surface area contributed by atoms with Gasteiger partial charge in [-0.3, -0.25) is 5.43 Å². The van der Waals surface area contributed by atoms with E-state index in [9.17, 15) is 0 Å². The van der Waals surface area contributed by atoms with Crippen LogP contribution in [0.2, 0.25) is 0 Å². The summed E-state index contributed by atoms with van der Waals surface area (Å²) in [4.78, 5) is 2.06. The molecule has 1 aromatic carbocycles. The van der Waals surface area contributed by atoms with Crippen molar-refractivity contribution in [1.29, 1.82) is 0 Å². The molecule has 1 rings (SSSR count). The van der Waals surface area contributed by atoms with E-state index in [1.54, 1.807) is 6.21 Å². The van der Waals surface area contributed by atoms with E-state index in [0.29, 0.717) is 5.11 Å². The van der Waals surface area contributed by atoms with Gasteiger partial charge in [-0.25, -0.2) is 0 Å². The van der Waals surface area contributed by atoms with Crippen LogP contribution < -0.4 is 15.6 Å². The molecule has 4 nitrogen and oxygen atoms in total. The van der Waals surface area contributed by atoms with Crippen LogP contribution in [-0.4, -0.2) is 32.0 Å². The van der Waals surface area contributed by atoms with Crippen LogP contribution in [0.4, 0.5) is 5.69 Å². The zero-order chi connectivity index (χ0) is 12.7. The number of benzene rings is 1. The molecule has 0 radical (unpaired) electrons. The highest BCUT2D eigenvalue weighted by atomic mass is 32.1. The number of nitrogens with zero attached hydrogens (tertiary/aromatic N) is 2. The van der Waals surface area contributed by atoms with Gasteiger partial charge in [0.15, 0.2) is 5.11 Å². The summed E-state index contributed by atoms with van der Waals surface area (Å²) in [5.74, 6) is 0. The zero-order valence-electron chi connectivity index (χ0n) is 10.4. The fourth-order valence-corrected chi connectivity index (χ4v) is 1.42. The molecule has 0 bridgehead atoms. The van der Waals surface area contributed by atoms with E-state index in [1.807, 2.05) is 45.3 Å². The van der Waals surface area contributed by atoms with E-state index in [-0.39, 0.29) is 0 Å². The number of hydrogen-bond donors (Lipinski definition) is 2. The average molecular weight is 250 g/mol. The highest BCUT2D eigenvalue weighted by molar-refractivity contribution is 7.80. The van der Waals surface area contributed by atoms with Gasteiger partial charge in [0.05, 0.1) is 6.21 Å². The molecule has 1 aromatic rings. The van der Waals surface area contributed by atoms with Crippen molar-refractivity contribution < 1.29 is 0 Å². The van der Waals surface area contributed by atoms with Gasteiger partial charge >= 0.3 is 0 Å². The Bertz CT molecular complexity index is 384. The molecule has 0 heterocycles. The molecule has 0 aliphatic rings. The van der Waals surface area contributed by atoms with Crippen molar-refractivity contribution in [2.24, 2.45) is 5.10 Å². The Kier molecular flexibility index (Phi) is 5.42. The second kappa shape index (κ2) is 6.85. The maximum absolute atomic E-state index is 4.98. The first-order valence-electron chi connectivity index (χ1n) is 5.47. The molecule has 17 heavy (non-hydrogen) atoms. The molecule has 0 aromatic heterocycles. The third kappa shape index (κ3) is 4.82. The standard InChI is InChI=1S/C12H18N4S/c1-4-13-12(17)15-14-9-10-5-7-11(8-6-10)16(2)3/h5-9H,4H2,1-3H3,(H2,13,15,17)/b14-9-. The normalized spacial score (nSPS) is 10.3. The second-order valence-electron chi connectivity index (χ2n) is 3.72. The van der Waals surface area contributed by atoms with Crippen LogP contribution >= 0.6 is 12.2 Å². The lowest BCUT2D eigenvalue weighted by molar-refractivity contribution is 0.904. The van der Waals surface area contributed by atoms with Crippen LogP contribution in [-0.2, 0) is 0 Å². The maximum atomic E-state index is 4.98. The molecule has 0 atom stereocenters. The minimum absolute atomic E-state index is 0.536. The topological polar surface area (TPSA) is 39.7 Å². The molecule has 92 valence electrons. The summed E-state index contributed by atoms with van der Waals surface area (Å²) in [5, 5.41) is 7.53. The predicted molar refractivity (Wildman–Crippen MR) is 77.8 cm³/mol. The van der Waals surface area contributed by atoms with Crippen molar-refractivity contribution in [3.63, 3.8) is 0 Å². The van der Waals surface area contributed by atoms with Gasteiger partial charge in [-0.05, 0) is 36.8 Å². The van der Waals surface area contributed by atoms with Gasteiger partial charge < -0.3 is 10.2 Å². The molecule has 0 spiro atoms. The molecule has 5 heteroatoms. The van der Waals surface area contributed by atoms with Gasteiger partial charge in [-0.2, -0.15) is 5.10 Å². The molecule has 0 aliphatic heterocycles. The molecule has 0 fully saturated rings. The van der Waals surface area contributed by atoms with Crippen molar-refractivity contribution in [2.75, 3.05) is 25.5 Å². The van der Waals surface area contributed by atoms with Crippen molar-refractivity contribution in [1.82, 2.24) is 10.7 Å². The summed E-state index contributed by atoms with van der Waals surface area (Å²) in [6.07, 6.45) is 1.74. The first-order valence-corrected chi connectivity index (χ1v) is 5.88. The van der Waals surface area contributed by atoms with Crippen molar-refractivity contribution in [3.05, 3.63) is 29.8 Å².